The van der Waals surface area contributed by atoms with Crippen molar-refractivity contribution in [2.24, 2.45) is 5.92 Å². The molecular formula is C9H14N4O4. The summed E-state index contributed by atoms with van der Waals surface area (Å²) in [5.74, 6) is -0.810. The molecule has 8 heteroatoms. The molecule has 0 saturated carbocycles. The van der Waals surface area contributed by atoms with Gasteiger partial charge >= 0.3 is 12.0 Å². The number of hydrogen-bond donors (Lipinski definition) is 3. The minimum absolute atomic E-state index is 0.0596. The highest BCUT2D eigenvalue weighted by Gasteiger charge is 2.12. The van der Waals surface area contributed by atoms with Crippen LogP contribution in [0.5, 0.6) is 0 Å². The molecule has 2 amide bonds. The number of aromatic nitrogens is 2. The van der Waals surface area contributed by atoms with E-state index in [-0.39, 0.29) is 13.1 Å². The maximum atomic E-state index is 11.2. The molecule has 0 radical (unpaired) electrons. The summed E-state index contributed by atoms with van der Waals surface area (Å²) in [4.78, 5) is 25.6. The molecule has 0 bridgehead atoms. The van der Waals surface area contributed by atoms with E-state index in [2.05, 4.69) is 20.8 Å². The monoisotopic (exact) mass is 242 g/mol. The molecule has 0 aliphatic rings. The fourth-order valence-corrected chi connectivity index (χ4v) is 0.963. The maximum absolute atomic E-state index is 11.2. The van der Waals surface area contributed by atoms with Crippen LogP contribution in [0.2, 0.25) is 0 Å². The zero-order chi connectivity index (χ0) is 12.8. The van der Waals surface area contributed by atoms with Gasteiger partial charge in [-0.25, -0.2) is 4.79 Å². The van der Waals surface area contributed by atoms with Crippen LogP contribution in [0.25, 0.3) is 0 Å². The number of carbonyl (C=O) groups excluding carboxylic acids is 1. The van der Waals surface area contributed by atoms with Gasteiger partial charge in [0.15, 0.2) is 5.82 Å². The summed E-state index contributed by atoms with van der Waals surface area (Å²) in [6, 6.07) is -0.478. The predicted octanol–water partition coefficient (Wildman–Crippen LogP) is -0.102. The average molecular weight is 242 g/mol. The molecular weight excluding hydrogens is 228 g/mol. The summed E-state index contributed by atoms with van der Waals surface area (Å²) in [5.41, 5.74) is 0. The molecule has 0 fully saturated rings. The van der Waals surface area contributed by atoms with E-state index < -0.39 is 17.9 Å². The van der Waals surface area contributed by atoms with Crippen molar-refractivity contribution in [3.8, 4) is 0 Å². The lowest BCUT2D eigenvalue weighted by atomic mass is 10.2. The van der Waals surface area contributed by atoms with Gasteiger partial charge in [-0.2, -0.15) is 4.98 Å². The summed E-state index contributed by atoms with van der Waals surface area (Å²) >= 11 is 0. The quantitative estimate of drug-likeness (QED) is 0.663. The van der Waals surface area contributed by atoms with Crippen molar-refractivity contribution in [3.05, 3.63) is 11.7 Å². The fraction of sp³-hybridized carbons (Fsp3) is 0.556. The van der Waals surface area contributed by atoms with Crippen LogP contribution in [0.15, 0.2) is 4.52 Å². The first kappa shape index (κ1) is 12.9. The third-order valence-electron chi connectivity index (χ3n) is 1.96. The van der Waals surface area contributed by atoms with Crippen molar-refractivity contribution in [2.45, 2.75) is 20.4 Å². The Morgan fingerprint density at radius 2 is 2.18 bits per heavy atom. The molecule has 0 aliphatic carbocycles. The summed E-state index contributed by atoms with van der Waals surface area (Å²) in [7, 11) is 0. The molecule has 8 nitrogen and oxygen atoms in total. The molecule has 3 N–H and O–H groups in total. The van der Waals surface area contributed by atoms with Crippen LogP contribution in [-0.2, 0) is 11.3 Å². The Balaban J connectivity index is 2.24. The van der Waals surface area contributed by atoms with E-state index in [9.17, 15) is 9.59 Å². The van der Waals surface area contributed by atoms with E-state index in [4.69, 9.17) is 9.63 Å². The van der Waals surface area contributed by atoms with Gasteiger partial charge in [-0.05, 0) is 6.92 Å². The van der Waals surface area contributed by atoms with Crippen LogP contribution in [0, 0.1) is 12.8 Å². The zero-order valence-corrected chi connectivity index (χ0v) is 9.56. The smallest absolute Gasteiger partial charge is 0.315 e. The number of amides is 2. The van der Waals surface area contributed by atoms with Crippen molar-refractivity contribution in [1.82, 2.24) is 20.8 Å². The highest BCUT2D eigenvalue weighted by Crippen LogP contribution is 1.94. The molecule has 94 valence electrons. The van der Waals surface area contributed by atoms with Gasteiger partial charge in [-0.1, -0.05) is 12.1 Å². The number of carboxylic acids is 1. The Morgan fingerprint density at radius 1 is 1.47 bits per heavy atom. The normalized spacial score (nSPS) is 11.9. The van der Waals surface area contributed by atoms with Crippen LogP contribution in [0.4, 0.5) is 4.79 Å². The number of hydrogen-bond acceptors (Lipinski definition) is 5. The molecule has 0 aliphatic heterocycles. The van der Waals surface area contributed by atoms with E-state index in [0.29, 0.717) is 11.7 Å². The van der Waals surface area contributed by atoms with Crippen molar-refractivity contribution in [3.63, 3.8) is 0 Å². The van der Waals surface area contributed by atoms with E-state index in [1.54, 1.807) is 6.92 Å². The lowest BCUT2D eigenvalue weighted by Gasteiger charge is -2.08. The third kappa shape index (κ3) is 4.49. The van der Waals surface area contributed by atoms with Crippen molar-refractivity contribution < 1.29 is 19.2 Å². The van der Waals surface area contributed by atoms with Gasteiger partial charge in [-0.3, -0.25) is 4.79 Å². The first-order valence-electron chi connectivity index (χ1n) is 5.02. The first-order chi connectivity index (χ1) is 7.99. The molecule has 0 aromatic carbocycles. The average Bonchev–Trinajstić information content (AvgIpc) is 2.69. The molecule has 1 unspecified atom stereocenters. The molecule has 0 spiro atoms. The minimum Gasteiger partial charge on any atom is -0.481 e. The van der Waals surface area contributed by atoms with Gasteiger partial charge in [0, 0.05) is 6.54 Å². The summed E-state index contributed by atoms with van der Waals surface area (Å²) in [6.45, 7) is 3.34. The van der Waals surface area contributed by atoms with Gasteiger partial charge < -0.3 is 20.3 Å². The van der Waals surface area contributed by atoms with Gasteiger partial charge in [0.25, 0.3) is 0 Å². The van der Waals surface area contributed by atoms with E-state index in [0.717, 1.165) is 0 Å². The van der Waals surface area contributed by atoms with Crippen molar-refractivity contribution in [2.75, 3.05) is 6.54 Å². The lowest BCUT2D eigenvalue weighted by molar-refractivity contribution is -0.140. The summed E-state index contributed by atoms with van der Waals surface area (Å²) < 4.78 is 4.78. The highest BCUT2D eigenvalue weighted by atomic mass is 16.5. The Kier molecular flexibility index (Phi) is 4.44. The summed E-state index contributed by atoms with van der Waals surface area (Å²) in [6.07, 6.45) is 0. The number of nitrogens with zero attached hydrogens (tertiary/aromatic N) is 2. The maximum Gasteiger partial charge on any atom is 0.315 e. The Morgan fingerprint density at radius 3 is 2.71 bits per heavy atom. The lowest BCUT2D eigenvalue weighted by Crippen LogP contribution is -2.38. The van der Waals surface area contributed by atoms with Crippen LogP contribution in [0.3, 0.4) is 0 Å². The molecule has 1 rings (SSSR count). The Bertz CT molecular complexity index is 403. The molecule has 1 aromatic rings. The molecule has 0 saturated heterocycles. The summed E-state index contributed by atoms with van der Waals surface area (Å²) in [5, 5.41) is 17.0. The highest BCUT2D eigenvalue weighted by molar-refractivity contribution is 5.75. The van der Waals surface area contributed by atoms with Gasteiger partial charge in [0.2, 0.25) is 5.89 Å². The number of nitrogens with one attached hydrogen (secondary N) is 2. The van der Waals surface area contributed by atoms with Crippen molar-refractivity contribution in [1.29, 1.82) is 0 Å². The van der Waals surface area contributed by atoms with Gasteiger partial charge in [0.1, 0.15) is 0 Å². The molecule has 17 heavy (non-hydrogen) atoms. The van der Waals surface area contributed by atoms with Crippen LogP contribution < -0.4 is 10.6 Å². The van der Waals surface area contributed by atoms with E-state index >= 15 is 0 Å². The second-order valence-electron chi connectivity index (χ2n) is 3.54. The first-order valence-corrected chi connectivity index (χ1v) is 5.02. The van der Waals surface area contributed by atoms with E-state index in [1.165, 1.54) is 6.92 Å². The Hall–Kier alpha value is -2.12. The third-order valence-corrected chi connectivity index (χ3v) is 1.96. The number of urea groups is 1. The second-order valence-corrected chi connectivity index (χ2v) is 3.54. The van der Waals surface area contributed by atoms with E-state index in [1.807, 2.05) is 0 Å². The number of carbonyl (C=O) groups is 2. The molecule has 1 aromatic heterocycles. The standard InChI is InChI=1S/C9H14N4O4/c1-5(8(14)15)3-10-9(16)11-4-7-12-6(2)13-17-7/h5H,3-4H2,1-2H3,(H,14,15)(H2,10,11,16). The fourth-order valence-electron chi connectivity index (χ4n) is 0.963. The van der Waals surface area contributed by atoms with Crippen molar-refractivity contribution >= 4 is 12.0 Å². The number of aryl methyl sites for hydroxylation is 1. The molecule has 1 atom stereocenters. The SMILES string of the molecule is Cc1noc(CNC(=O)NCC(C)C(=O)O)n1. The van der Waals surface area contributed by atoms with Crippen LogP contribution >= 0.6 is 0 Å². The van der Waals surface area contributed by atoms with Gasteiger partial charge in [-0.15, -0.1) is 0 Å². The minimum atomic E-state index is -0.960. The number of rotatable bonds is 5. The topological polar surface area (TPSA) is 117 Å². The zero-order valence-electron chi connectivity index (χ0n) is 9.56. The van der Waals surface area contributed by atoms with Gasteiger partial charge in [0.05, 0.1) is 12.5 Å². The molecule has 1 heterocycles. The Labute approximate surface area is 97.4 Å². The predicted molar refractivity (Wildman–Crippen MR) is 56.1 cm³/mol. The number of carboxylic acid groups (broad SMARTS) is 1. The largest absolute Gasteiger partial charge is 0.481 e. The number of aliphatic carboxylic acids is 1. The van der Waals surface area contributed by atoms with Crippen LogP contribution in [-0.4, -0.2) is 33.8 Å². The van der Waals surface area contributed by atoms with Crippen LogP contribution in [0.1, 0.15) is 18.6 Å². The second kappa shape index (κ2) is 5.83.